The molecule has 31 heavy (non-hydrogen) atoms. The largest absolute Gasteiger partial charge is 0.396 e. The van der Waals surface area contributed by atoms with E-state index in [1.165, 1.54) is 10.8 Å². The van der Waals surface area contributed by atoms with Crippen molar-refractivity contribution in [3.63, 3.8) is 0 Å². The Morgan fingerprint density at radius 1 is 1.23 bits per heavy atom. The topological polar surface area (TPSA) is 75.3 Å². The first-order valence-electron chi connectivity index (χ1n) is 9.88. The Balaban J connectivity index is 2.17. The van der Waals surface area contributed by atoms with Gasteiger partial charge in [0.2, 0.25) is 0 Å². The van der Waals surface area contributed by atoms with E-state index in [0.717, 1.165) is 12.1 Å². The summed E-state index contributed by atoms with van der Waals surface area (Å²) < 4.78 is 31.6. The Morgan fingerprint density at radius 2 is 1.90 bits per heavy atom. The van der Waals surface area contributed by atoms with E-state index in [9.17, 15) is 0 Å². The molecule has 0 amide bonds. The quantitative estimate of drug-likeness (QED) is 0.337. The first kappa shape index (κ1) is 22.9. The van der Waals surface area contributed by atoms with Crippen molar-refractivity contribution in [1.82, 2.24) is 19.6 Å². The number of aliphatic hydroxyl groups excluding tert-OH is 1. The van der Waals surface area contributed by atoms with E-state index in [-0.39, 0.29) is 45.7 Å². The maximum atomic E-state index is 15.1. The van der Waals surface area contributed by atoms with Crippen LogP contribution in [0.4, 0.5) is 14.6 Å². The number of hydrogen-bond acceptors (Lipinski definition) is 5. The number of halogens is 3. The third kappa shape index (κ3) is 4.94. The van der Waals surface area contributed by atoms with Crippen molar-refractivity contribution in [2.45, 2.75) is 46.6 Å². The van der Waals surface area contributed by atoms with Gasteiger partial charge < -0.3 is 10.4 Å². The van der Waals surface area contributed by atoms with Crippen molar-refractivity contribution < 1.29 is 13.9 Å². The lowest BCUT2D eigenvalue weighted by molar-refractivity contribution is 0.290. The number of unbranched alkanes of at least 4 members (excludes halogenated alkanes) is 1. The predicted octanol–water partition coefficient (Wildman–Crippen LogP) is 4.69. The van der Waals surface area contributed by atoms with Crippen LogP contribution in [0, 0.1) is 28.9 Å². The van der Waals surface area contributed by atoms with Gasteiger partial charge in [-0.05, 0) is 30.9 Å². The standard InChI is InChI=1S/C22H24ClF2N5O/c1-13(22(2,3)4)28-20-18(19(23)29-21-26-12-27-30(20)21)17-15(24)10-14(11-16(17)25)8-6-5-7-9-31/h10-13,28,31H,5,7,9H2,1-4H3/t13-/m1/s1. The van der Waals surface area contributed by atoms with Crippen LogP contribution >= 0.6 is 11.6 Å². The van der Waals surface area contributed by atoms with Gasteiger partial charge in [-0.2, -0.15) is 19.6 Å². The maximum Gasteiger partial charge on any atom is 0.255 e. The SMILES string of the molecule is C[C@@H](Nc1c(-c2c(F)cc(C#CCCCO)cc2F)c(Cl)nc2ncnn12)C(C)(C)C. The summed E-state index contributed by atoms with van der Waals surface area (Å²) in [5, 5.41) is 16.2. The highest BCUT2D eigenvalue weighted by atomic mass is 35.5. The highest BCUT2D eigenvalue weighted by Crippen LogP contribution is 2.39. The van der Waals surface area contributed by atoms with Crippen molar-refractivity contribution in [1.29, 1.82) is 0 Å². The first-order chi connectivity index (χ1) is 14.6. The Morgan fingerprint density at radius 3 is 2.52 bits per heavy atom. The molecule has 0 saturated heterocycles. The molecule has 2 heterocycles. The Labute approximate surface area is 184 Å². The third-order valence-electron chi connectivity index (χ3n) is 5.02. The lowest BCUT2D eigenvalue weighted by Gasteiger charge is -2.30. The summed E-state index contributed by atoms with van der Waals surface area (Å²) in [5.41, 5.74) is -0.226. The first-order valence-corrected chi connectivity index (χ1v) is 10.3. The van der Waals surface area contributed by atoms with E-state index in [2.05, 4.69) is 32.2 Å². The molecule has 1 atom stereocenters. The van der Waals surface area contributed by atoms with Gasteiger partial charge in [-0.15, -0.1) is 0 Å². The Kier molecular flexibility index (Phi) is 6.77. The second-order valence-corrected chi connectivity index (χ2v) is 8.63. The van der Waals surface area contributed by atoms with Gasteiger partial charge in [-0.25, -0.2) is 8.78 Å². The molecule has 0 aliphatic carbocycles. The van der Waals surface area contributed by atoms with Crippen molar-refractivity contribution in [2.75, 3.05) is 11.9 Å². The molecule has 164 valence electrons. The molecule has 2 aromatic heterocycles. The lowest BCUT2D eigenvalue weighted by Crippen LogP contribution is -2.32. The number of nitrogens with zero attached hydrogens (tertiary/aromatic N) is 4. The number of benzene rings is 1. The minimum absolute atomic E-state index is 0.00929. The Hall–Kier alpha value is -2.76. The van der Waals surface area contributed by atoms with Gasteiger partial charge in [0.05, 0.1) is 11.1 Å². The lowest BCUT2D eigenvalue weighted by atomic mass is 9.88. The minimum atomic E-state index is -0.818. The molecule has 0 saturated carbocycles. The molecule has 0 fully saturated rings. The molecular formula is C22H24ClF2N5O. The maximum absolute atomic E-state index is 15.1. The van der Waals surface area contributed by atoms with Gasteiger partial charge in [0.1, 0.15) is 28.9 Å². The molecule has 3 aromatic rings. The van der Waals surface area contributed by atoms with E-state index in [1.54, 1.807) is 0 Å². The molecule has 6 nitrogen and oxygen atoms in total. The van der Waals surface area contributed by atoms with Crippen molar-refractivity contribution in [3.05, 3.63) is 40.8 Å². The molecular weight excluding hydrogens is 424 g/mol. The zero-order valence-corrected chi connectivity index (χ0v) is 18.6. The predicted molar refractivity (Wildman–Crippen MR) is 117 cm³/mol. The fraction of sp³-hybridized carbons (Fsp3) is 0.409. The average molecular weight is 448 g/mol. The number of aliphatic hydroxyl groups is 1. The second-order valence-electron chi connectivity index (χ2n) is 8.27. The van der Waals surface area contributed by atoms with Gasteiger partial charge in [-0.1, -0.05) is 44.2 Å². The van der Waals surface area contributed by atoms with Crippen molar-refractivity contribution >= 4 is 23.2 Å². The highest BCUT2D eigenvalue weighted by molar-refractivity contribution is 6.33. The molecule has 3 rings (SSSR count). The van der Waals surface area contributed by atoms with Crippen LogP contribution < -0.4 is 5.32 Å². The monoisotopic (exact) mass is 447 g/mol. The normalized spacial score (nSPS) is 12.5. The molecule has 0 spiro atoms. The average Bonchev–Trinajstić information content (AvgIpc) is 3.14. The number of aromatic nitrogens is 4. The van der Waals surface area contributed by atoms with Crippen LogP contribution in [0.25, 0.3) is 16.9 Å². The summed E-state index contributed by atoms with van der Waals surface area (Å²) in [6.45, 7) is 8.08. The van der Waals surface area contributed by atoms with Crippen LogP contribution in [-0.4, -0.2) is 37.3 Å². The summed E-state index contributed by atoms with van der Waals surface area (Å²) in [6.07, 6.45) is 2.22. The van der Waals surface area contributed by atoms with E-state index in [0.29, 0.717) is 18.7 Å². The van der Waals surface area contributed by atoms with Crippen molar-refractivity contribution in [2.24, 2.45) is 5.41 Å². The minimum Gasteiger partial charge on any atom is -0.396 e. The second kappa shape index (κ2) is 9.16. The number of nitrogens with one attached hydrogen (secondary N) is 1. The van der Waals surface area contributed by atoms with E-state index >= 15 is 8.78 Å². The zero-order chi connectivity index (χ0) is 22.8. The molecule has 0 radical (unpaired) electrons. The molecule has 0 bridgehead atoms. The number of hydrogen-bond donors (Lipinski definition) is 2. The number of anilines is 1. The van der Waals surface area contributed by atoms with Crippen LogP contribution in [0.15, 0.2) is 18.5 Å². The van der Waals surface area contributed by atoms with E-state index < -0.39 is 11.6 Å². The fourth-order valence-electron chi connectivity index (χ4n) is 2.81. The molecule has 0 aliphatic heterocycles. The Bertz CT molecular complexity index is 1140. The van der Waals surface area contributed by atoms with Crippen molar-refractivity contribution in [3.8, 4) is 23.0 Å². The van der Waals surface area contributed by atoms with Crippen LogP contribution in [0.5, 0.6) is 0 Å². The summed E-state index contributed by atoms with van der Waals surface area (Å²) in [6, 6.07) is 2.21. The van der Waals surface area contributed by atoms with E-state index in [1.807, 2.05) is 27.7 Å². The summed E-state index contributed by atoms with van der Waals surface area (Å²) >= 11 is 6.38. The van der Waals surface area contributed by atoms with Gasteiger partial charge in [-0.3, -0.25) is 0 Å². The molecule has 2 N–H and O–H groups in total. The van der Waals surface area contributed by atoms with Gasteiger partial charge in [0.15, 0.2) is 0 Å². The smallest absolute Gasteiger partial charge is 0.255 e. The van der Waals surface area contributed by atoms with Gasteiger partial charge >= 0.3 is 0 Å². The third-order valence-corrected chi connectivity index (χ3v) is 5.29. The molecule has 1 aromatic carbocycles. The summed E-state index contributed by atoms with van der Waals surface area (Å²) in [5.74, 6) is 4.38. The molecule has 0 aliphatic rings. The summed E-state index contributed by atoms with van der Waals surface area (Å²) in [7, 11) is 0. The van der Waals surface area contributed by atoms with Crippen LogP contribution in [0.1, 0.15) is 46.1 Å². The summed E-state index contributed by atoms with van der Waals surface area (Å²) in [4.78, 5) is 8.19. The zero-order valence-electron chi connectivity index (χ0n) is 17.8. The van der Waals surface area contributed by atoms with Crippen LogP contribution in [0.3, 0.4) is 0 Å². The van der Waals surface area contributed by atoms with Gasteiger partial charge in [0, 0.05) is 24.6 Å². The van der Waals surface area contributed by atoms with Crippen LogP contribution in [0.2, 0.25) is 5.15 Å². The van der Waals surface area contributed by atoms with Crippen LogP contribution in [-0.2, 0) is 0 Å². The van der Waals surface area contributed by atoms with Gasteiger partial charge in [0.25, 0.3) is 5.78 Å². The molecule has 0 unspecified atom stereocenters. The fourth-order valence-corrected chi connectivity index (χ4v) is 3.07. The van der Waals surface area contributed by atoms with E-state index in [4.69, 9.17) is 16.7 Å². The number of rotatable bonds is 5. The number of fused-ring (bicyclic) bond motifs is 1. The molecule has 9 heteroatoms. The highest BCUT2D eigenvalue weighted by Gasteiger charge is 2.27.